The van der Waals surface area contributed by atoms with Crippen molar-refractivity contribution >= 4 is 16.9 Å². The van der Waals surface area contributed by atoms with Gasteiger partial charge in [0.15, 0.2) is 5.12 Å². The second kappa shape index (κ2) is 8.72. The molecule has 3 aromatic rings. The summed E-state index contributed by atoms with van der Waals surface area (Å²) in [7, 11) is 0. The first-order valence-corrected chi connectivity index (χ1v) is 8.85. The van der Waals surface area contributed by atoms with E-state index in [1.54, 1.807) is 13.1 Å². The Morgan fingerprint density at radius 1 is 0.808 bits per heavy atom. The van der Waals surface area contributed by atoms with E-state index < -0.39 is 0 Å². The van der Waals surface area contributed by atoms with Crippen LogP contribution in [0.15, 0.2) is 77.8 Å². The number of pyridine rings is 1. The number of nitrogens with zero attached hydrogens (tertiary/aromatic N) is 1. The molecular weight excluding hydrogens is 338 g/mol. The minimum atomic E-state index is 0.0405. The summed E-state index contributed by atoms with van der Waals surface area (Å²) in [6.07, 6.45) is 1.72. The van der Waals surface area contributed by atoms with Gasteiger partial charge in [-0.15, -0.1) is 0 Å². The van der Waals surface area contributed by atoms with Crippen molar-refractivity contribution in [1.82, 2.24) is 4.98 Å². The summed E-state index contributed by atoms with van der Waals surface area (Å²) in [5.74, 6) is 12.3. The first kappa shape index (κ1) is 17.5. The number of rotatable bonds is 1. The molecule has 1 heterocycles. The van der Waals surface area contributed by atoms with Crippen LogP contribution < -0.4 is 0 Å². The van der Waals surface area contributed by atoms with Crippen LogP contribution in [-0.4, -0.2) is 10.1 Å². The number of thioether (sulfide) groups is 1. The molecule has 3 heteroatoms. The molecule has 26 heavy (non-hydrogen) atoms. The Hall–Kier alpha value is -3.27. The Balaban J connectivity index is 1.76. The van der Waals surface area contributed by atoms with Gasteiger partial charge in [-0.2, -0.15) is 0 Å². The monoisotopic (exact) mass is 353 g/mol. The Morgan fingerprint density at radius 2 is 1.54 bits per heavy atom. The van der Waals surface area contributed by atoms with Crippen molar-refractivity contribution in [1.29, 1.82) is 0 Å². The molecule has 0 saturated carbocycles. The van der Waals surface area contributed by atoms with Gasteiger partial charge < -0.3 is 0 Å². The molecule has 2 nitrogen and oxygen atoms in total. The highest BCUT2D eigenvalue weighted by atomic mass is 32.2. The van der Waals surface area contributed by atoms with Crippen molar-refractivity contribution in [2.75, 3.05) is 0 Å². The molecule has 0 aliphatic carbocycles. The van der Waals surface area contributed by atoms with Crippen molar-refractivity contribution in [3.05, 3.63) is 95.3 Å². The third kappa shape index (κ3) is 5.11. The van der Waals surface area contributed by atoms with E-state index in [-0.39, 0.29) is 5.12 Å². The van der Waals surface area contributed by atoms with Crippen molar-refractivity contribution in [3.8, 4) is 23.7 Å². The fraction of sp³-hybridized carbons (Fsp3) is 0.0435. The van der Waals surface area contributed by atoms with Gasteiger partial charge in [0.25, 0.3) is 0 Å². The highest BCUT2D eigenvalue weighted by Gasteiger charge is 2.02. The first-order chi connectivity index (χ1) is 12.7. The smallest absolute Gasteiger partial charge is 0.190 e. The van der Waals surface area contributed by atoms with Crippen LogP contribution in [-0.2, 0) is 4.79 Å². The van der Waals surface area contributed by atoms with Gasteiger partial charge in [0, 0.05) is 34.7 Å². The molecule has 0 bridgehead atoms. The third-order valence-corrected chi connectivity index (χ3v) is 4.22. The molecule has 2 aromatic carbocycles. The van der Waals surface area contributed by atoms with Gasteiger partial charge in [0.05, 0.1) is 0 Å². The Labute approximate surface area is 157 Å². The molecule has 0 spiro atoms. The van der Waals surface area contributed by atoms with Crippen LogP contribution in [0.4, 0.5) is 0 Å². The first-order valence-electron chi connectivity index (χ1n) is 8.03. The van der Waals surface area contributed by atoms with Crippen molar-refractivity contribution in [3.63, 3.8) is 0 Å². The van der Waals surface area contributed by atoms with Crippen molar-refractivity contribution in [2.24, 2.45) is 0 Å². The molecular formula is C23H15NOS. The largest absolute Gasteiger partial charge is 0.287 e. The van der Waals surface area contributed by atoms with Gasteiger partial charge in [-0.1, -0.05) is 59.9 Å². The van der Waals surface area contributed by atoms with Crippen LogP contribution >= 0.6 is 11.8 Å². The number of carbonyl (C=O) groups excluding carboxylic acids is 1. The molecule has 0 aliphatic rings. The lowest BCUT2D eigenvalue weighted by Crippen LogP contribution is -1.87. The lowest BCUT2D eigenvalue weighted by molar-refractivity contribution is -0.109. The zero-order chi connectivity index (χ0) is 18.2. The fourth-order valence-electron chi connectivity index (χ4n) is 2.15. The SMILES string of the molecule is CC(=O)Sc1ccccc1C#Cc1ccc(C#Cc2ccccc2)cn1. The molecule has 0 saturated heterocycles. The number of benzene rings is 2. The quantitative estimate of drug-likeness (QED) is 0.476. The van der Waals surface area contributed by atoms with E-state index in [9.17, 15) is 4.79 Å². The Bertz CT molecular complexity index is 1030. The van der Waals surface area contributed by atoms with E-state index in [1.807, 2.05) is 66.7 Å². The summed E-state index contributed by atoms with van der Waals surface area (Å²) in [6, 6.07) is 21.2. The van der Waals surface area contributed by atoms with Crippen LogP contribution in [0.2, 0.25) is 0 Å². The van der Waals surface area contributed by atoms with Gasteiger partial charge in [-0.3, -0.25) is 4.79 Å². The molecule has 0 amide bonds. The van der Waals surface area contributed by atoms with Crippen molar-refractivity contribution in [2.45, 2.75) is 11.8 Å². The zero-order valence-electron chi connectivity index (χ0n) is 14.2. The molecule has 0 aliphatic heterocycles. The molecule has 0 N–H and O–H groups in total. The fourth-order valence-corrected chi connectivity index (χ4v) is 2.84. The summed E-state index contributed by atoms with van der Waals surface area (Å²) >= 11 is 1.19. The van der Waals surface area contributed by atoms with Crippen molar-refractivity contribution < 1.29 is 4.79 Å². The number of hydrogen-bond acceptors (Lipinski definition) is 3. The maximum Gasteiger partial charge on any atom is 0.190 e. The minimum Gasteiger partial charge on any atom is -0.287 e. The topological polar surface area (TPSA) is 30.0 Å². The summed E-state index contributed by atoms with van der Waals surface area (Å²) < 4.78 is 0. The highest BCUT2D eigenvalue weighted by molar-refractivity contribution is 8.13. The van der Waals surface area contributed by atoms with Gasteiger partial charge >= 0.3 is 0 Å². The number of aromatic nitrogens is 1. The summed E-state index contributed by atoms with van der Waals surface area (Å²) in [6.45, 7) is 1.55. The van der Waals surface area contributed by atoms with Gasteiger partial charge in [0.1, 0.15) is 5.69 Å². The van der Waals surface area contributed by atoms with E-state index in [2.05, 4.69) is 28.7 Å². The zero-order valence-corrected chi connectivity index (χ0v) is 15.0. The second-order valence-electron chi connectivity index (χ2n) is 5.39. The predicted octanol–water partition coefficient (Wildman–Crippen LogP) is 4.52. The van der Waals surface area contributed by atoms with Crippen LogP contribution in [0.5, 0.6) is 0 Å². The standard InChI is InChI=1S/C23H15NOS/c1-18(25)26-23-10-6-5-9-21(23)14-16-22-15-13-20(17-24-22)12-11-19-7-3-2-4-8-19/h2-10,13,15,17H,1H3. The van der Waals surface area contributed by atoms with Crippen LogP contribution in [0.25, 0.3) is 0 Å². The number of hydrogen-bond donors (Lipinski definition) is 0. The van der Waals surface area contributed by atoms with E-state index in [1.165, 1.54) is 11.8 Å². The molecule has 0 radical (unpaired) electrons. The van der Waals surface area contributed by atoms with Crippen LogP contribution in [0.3, 0.4) is 0 Å². The minimum absolute atomic E-state index is 0.0405. The Morgan fingerprint density at radius 3 is 2.27 bits per heavy atom. The maximum atomic E-state index is 11.3. The molecule has 0 unspecified atom stereocenters. The maximum absolute atomic E-state index is 11.3. The molecule has 3 rings (SSSR count). The summed E-state index contributed by atoms with van der Waals surface area (Å²) in [4.78, 5) is 16.5. The normalized spacial score (nSPS) is 9.42. The van der Waals surface area contributed by atoms with E-state index >= 15 is 0 Å². The second-order valence-corrected chi connectivity index (χ2v) is 6.61. The lowest BCUT2D eigenvalue weighted by Gasteiger charge is -2.00. The lowest BCUT2D eigenvalue weighted by atomic mass is 10.2. The van der Waals surface area contributed by atoms with Crippen LogP contribution in [0.1, 0.15) is 29.3 Å². The van der Waals surface area contributed by atoms with Gasteiger partial charge in [-0.25, -0.2) is 4.98 Å². The molecule has 124 valence electrons. The van der Waals surface area contributed by atoms with Gasteiger partial charge in [-0.05, 0) is 42.3 Å². The van der Waals surface area contributed by atoms with Gasteiger partial charge in [0.2, 0.25) is 0 Å². The van der Waals surface area contributed by atoms with E-state index in [0.29, 0.717) is 5.69 Å². The van der Waals surface area contributed by atoms with E-state index in [0.717, 1.165) is 21.6 Å². The summed E-state index contributed by atoms with van der Waals surface area (Å²) in [5.41, 5.74) is 3.29. The molecule has 0 atom stereocenters. The highest BCUT2D eigenvalue weighted by Crippen LogP contribution is 2.22. The molecule has 0 fully saturated rings. The van der Waals surface area contributed by atoms with E-state index in [4.69, 9.17) is 0 Å². The average molecular weight is 353 g/mol. The predicted molar refractivity (Wildman–Crippen MR) is 106 cm³/mol. The molecule has 1 aromatic heterocycles. The summed E-state index contributed by atoms with van der Waals surface area (Å²) in [5, 5.41) is 0.0405. The van der Waals surface area contributed by atoms with Crippen LogP contribution in [0, 0.1) is 23.7 Å². The average Bonchev–Trinajstić information content (AvgIpc) is 2.67. The number of carbonyl (C=O) groups is 1. The Kier molecular flexibility index (Phi) is 5.88. The third-order valence-electron chi connectivity index (χ3n) is 3.35.